The Bertz CT molecular complexity index is 1350. The van der Waals surface area contributed by atoms with Crippen molar-refractivity contribution in [1.29, 1.82) is 0 Å². The van der Waals surface area contributed by atoms with Gasteiger partial charge < -0.3 is 4.84 Å². The lowest BCUT2D eigenvalue weighted by Gasteiger charge is -2.19. The predicted molar refractivity (Wildman–Crippen MR) is 128 cm³/mol. The summed E-state index contributed by atoms with van der Waals surface area (Å²) in [6.45, 7) is 1.50. The topological polar surface area (TPSA) is 123 Å². The fourth-order valence-electron chi connectivity index (χ4n) is 3.13. The Morgan fingerprint density at radius 1 is 1.03 bits per heavy atom. The summed E-state index contributed by atoms with van der Waals surface area (Å²) in [5.74, 6) is -0.354. The van der Waals surface area contributed by atoms with Gasteiger partial charge in [0.2, 0.25) is 9.84 Å². The Morgan fingerprint density at radius 3 is 2.53 bits per heavy atom. The predicted octanol–water partition coefficient (Wildman–Crippen LogP) is 3.75. The fourth-order valence-corrected chi connectivity index (χ4v) is 5.24. The number of thiazole rings is 1. The Kier molecular flexibility index (Phi) is 7.26. The van der Waals surface area contributed by atoms with Gasteiger partial charge >= 0.3 is 5.97 Å². The van der Waals surface area contributed by atoms with Gasteiger partial charge in [0, 0.05) is 36.8 Å². The molecule has 1 unspecified atom stereocenters. The first-order chi connectivity index (χ1) is 16.4. The van der Waals surface area contributed by atoms with Crippen LogP contribution in [0.25, 0.3) is 10.6 Å². The molecule has 3 heterocycles. The van der Waals surface area contributed by atoms with Crippen LogP contribution in [0.1, 0.15) is 23.6 Å². The maximum absolute atomic E-state index is 13.5. The summed E-state index contributed by atoms with van der Waals surface area (Å²) in [6, 6.07) is 17.2. The number of sulfone groups is 1. The van der Waals surface area contributed by atoms with Gasteiger partial charge in [-0.1, -0.05) is 36.4 Å². The van der Waals surface area contributed by atoms with Crippen molar-refractivity contribution in [1.82, 2.24) is 20.3 Å². The van der Waals surface area contributed by atoms with E-state index in [-0.39, 0.29) is 23.1 Å². The summed E-state index contributed by atoms with van der Waals surface area (Å²) in [5.41, 5.74) is 4.52. The first kappa shape index (κ1) is 23.5. The maximum Gasteiger partial charge on any atom is 0.329 e. The number of aromatic nitrogens is 3. The quantitative estimate of drug-likeness (QED) is 0.334. The zero-order valence-electron chi connectivity index (χ0n) is 18.1. The van der Waals surface area contributed by atoms with Crippen molar-refractivity contribution in [3.63, 3.8) is 0 Å². The van der Waals surface area contributed by atoms with Crippen molar-refractivity contribution >= 4 is 33.0 Å². The van der Waals surface area contributed by atoms with Gasteiger partial charge in [0.05, 0.1) is 5.69 Å². The van der Waals surface area contributed by atoms with Crippen molar-refractivity contribution in [2.45, 2.75) is 23.9 Å². The molecule has 0 spiro atoms. The van der Waals surface area contributed by atoms with Gasteiger partial charge in [0.15, 0.2) is 16.2 Å². The maximum atomic E-state index is 13.5. The summed E-state index contributed by atoms with van der Waals surface area (Å²) in [4.78, 5) is 28.5. The summed E-state index contributed by atoms with van der Waals surface area (Å²) >= 11 is 1.55. The van der Waals surface area contributed by atoms with Crippen molar-refractivity contribution in [3.8, 4) is 10.6 Å². The number of rotatable bonds is 9. The van der Waals surface area contributed by atoms with Crippen LogP contribution in [0.3, 0.4) is 0 Å². The molecule has 0 fully saturated rings. The molecule has 0 radical (unpaired) electrons. The van der Waals surface area contributed by atoms with Gasteiger partial charge in [-0.2, -0.15) is 0 Å². The zero-order chi connectivity index (χ0) is 24.0. The largest absolute Gasteiger partial charge is 0.342 e. The molecular weight excluding hydrogens is 474 g/mol. The molecule has 0 aliphatic carbocycles. The van der Waals surface area contributed by atoms with E-state index in [2.05, 4.69) is 25.7 Å². The fraction of sp³-hybridized carbons (Fsp3) is 0.130. The monoisotopic (exact) mass is 495 g/mol. The van der Waals surface area contributed by atoms with Crippen molar-refractivity contribution < 1.29 is 18.0 Å². The van der Waals surface area contributed by atoms with E-state index in [1.807, 2.05) is 29.6 Å². The molecule has 3 aromatic heterocycles. The van der Waals surface area contributed by atoms with Crippen molar-refractivity contribution in [2.75, 3.05) is 5.48 Å². The number of hydrogen-bond acceptors (Lipinski definition) is 10. The lowest BCUT2D eigenvalue weighted by molar-refractivity contribution is -0.138. The minimum atomic E-state index is -3.94. The molecule has 4 aromatic rings. The van der Waals surface area contributed by atoms with E-state index in [1.165, 1.54) is 19.2 Å². The second-order valence-electron chi connectivity index (χ2n) is 7.15. The molecule has 0 bridgehead atoms. The van der Waals surface area contributed by atoms with E-state index in [0.717, 1.165) is 16.1 Å². The van der Waals surface area contributed by atoms with Gasteiger partial charge in [-0.15, -0.1) is 11.3 Å². The third-order valence-corrected chi connectivity index (χ3v) is 7.38. The highest BCUT2D eigenvalue weighted by Gasteiger charge is 2.31. The minimum Gasteiger partial charge on any atom is -0.342 e. The number of anilines is 1. The lowest BCUT2D eigenvalue weighted by Crippen LogP contribution is -2.30. The van der Waals surface area contributed by atoms with Gasteiger partial charge in [-0.3, -0.25) is 10.1 Å². The highest BCUT2D eigenvalue weighted by Crippen LogP contribution is 2.26. The lowest BCUT2D eigenvalue weighted by atomic mass is 10.1. The average Bonchev–Trinajstić information content (AvgIpc) is 3.39. The Balaban J connectivity index is 1.61. The molecule has 174 valence electrons. The molecular formula is C23H21N5O4S2. The van der Waals surface area contributed by atoms with E-state index in [4.69, 9.17) is 4.84 Å². The summed E-state index contributed by atoms with van der Waals surface area (Å²) in [7, 11) is -3.94. The summed E-state index contributed by atoms with van der Waals surface area (Å²) < 4.78 is 26.9. The van der Waals surface area contributed by atoms with E-state index in [1.54, 1.807) is 47.9 Å². The van der Waals surface area contributed by atoms with Crippen LogP contribution >= 0.6 is 11.3 Å². The van der Waals surface area contributed by atoms with Crippen LogP contribution in [0.2, 0.25) is 0 Å². The minimum absolute atomic E-state index is 0.0771. The number of benzene rings is 1. The SMILES string of the molecule is CC(=O)ONc1cccc(C(NCc2ccc(-c3nccs3)cc2)S(=O)(=O)c2ccccn2)n1. The van der Waals surface area contributed by atoms with Crippen LogP contribution in [0.15, 0.2) is 83.5 Å². The molecule has 2 N–H and O–H groups in total. The van der Waals surface area contributed by atoms with Crippen LogP contribution in [-0.2, 0) is 26.0 Å². The summed E-state index contributed by atoms with van der Waals surface area (Å²) in [5, 5.41) is 4.65. The molecule has 9 nitrogen and oxygen atoms in total. The van der Waals surface area contributed by atoms with Crippen LogP contribution in [0.4, 0.5) is 5.82 Å². The second-order valence-corrected chi connectivity index (χ2v) is 10.0. The molecule has 0 saturated carbocycles. The van der Waals surface area contributed by atoms with Gasteiger partial charge in [-0.05, 0) is 29.8 Å². The number of pyridine rings is 2. The number of nitrogens with zero attached hydrogens (tertiary/aromatic N) is 3. The smallest absolute Gasteiger partial charge is 0.329 e. The van der Waals surface area contributed by atoms with Gasteiger partial charge in [0.1, 0.15) is 5.01 Å². The van der Waals surface area contributed by atoms with Gasteiger partial charge in [-0.25, -0.2) is 28.8 Å². The highest BCUT2D eigenvalue weighted by atomic mass is 32.2. The highest BCUT2D eigenvalue weighted by molar-refractivity contribution is 7.91. The Hall–Kier alpha value is -3.67. The van der Waals surface area contributed by atoms with Crippen LogP contribution in [0.5, 0.6) is 0 Å². The summed E-state index contributed by atoms with van der Waals surface area (Å²) in [6.07, 6.45) is 3.17. The third kappa shape index (κ3) is 5.63. The van der Waals surface area contributed by atoms with E-state index in [9.17, 15) is 13.2 Å². The Morgan fingerprint density at radius 2 is 1.85 bits per heavy atom. The third-order valence-electron chi connectivity index (χ3n) is 4.70. The Labute approximate surface area is 200 Å². The second kappa shape index (κ2) is 10.5. The standard InChI is InChI=1S/C23H21N5O4S2/c1-16(29)32-28-20-6-4-5-19(27-20)23(34(30,31)21-7-2-3-12-24-21)26-15-17-8-10-18(11-9-17)22-25-13-14-33-22/h2-14,23,26H,15H2,1H3,(H,27,28). The molecule has 0 amide bonds. The molecule has 0 saturated heterocycles. The zero-order valence-corrected chi connectivity index (χ0v) is 19.7. The van der Waals surface area contributed by atoms with E-state index in [0.29, 0.717) is 0 Å². The first-order valence-electron chi connectivity index (χ1n) is 10.2. The number of hydrogen-bond donors (Lipinski definition) is 2. The molecule has 1 aromatic carbocycles. The molecule has 11 heteroatoms. The van der Waals surface area contributed by atoms with E-state index < -0.39 is 21.2 Å². The van der Waals surface area contributed by atoms with Crippen LogP contribution < -0.4 is 10.8 Å². The van der Waals surface area contributed by atoms with Gasteiger partial charge in [0.25, 0.3) is 0 Å². The van der Waals surface area contributed by atoms with Crippen LogP contribution in [-0.4, -0.2) is 29.3 Å². The average molecular weight is 496 g/mol. The number of carbonyl (C=O) groups excluding carboxylic acids is 1. The number of carbonyl (C=O) groups is 1. The van der Waals surface area contributed by atoms with Crippen LogP contribution in [0, 0.1) is 0 Å². The molecule has 0 aliphatic heterocycles. The normalized spacial score (nSPS) is 12.1. The molecule has 0 aliphatic rings. The van der Waals surface area contributed by atoms with Crippen molar-refractivity contribution in [3.05, 3.63) is 89.7 Å². The molecule has 34 heavy (non-hydrogen) atoms. The first-order valence-corrected chi connectivity index (χ1v) is 12.6. The molecule has 4 rings (SSSR count). The molecule has 1 atom stereocenters. The van der Waals surface area contributed by atoms with E-state index >= 15 is 0 Å². The number of nitrogens with one attached hydrogen (secondary N) is 2. The van der Waals surface area contributed by atoms with Crippen molar-refractivity contribution in [2.24, 2.45) is 0 Å².